The van der Waals surface area contributed by atoms with E-state index in [-0.39, 0.29) is 0 Å². The van der Waals surface area contributed by atoms with Gasteiger partial charge in [0.05, 0.1) is 0 Å². The molecule has 116 valence electrons. The second-order valence-corrected chi connectivity index (χ2v) is 5.31. The molecule has 1 aliphatic rings. The number of aliphatic carboxylic acids is 1. The van der Waals surface area contributed by atoms with Crippen molar-refractivity contribution in [1.82, 2.24) is 20.8 Å². The first-order valence-corrected chi connectivity index (χ1v) is 7.10. The van der Waals surface area contributed by atoms with Crippen molar-refractivity contribution in [2.24, 2.45) is 0 Å². The number of aryl methyl sites for hydroxylation is 1. The van der Waals surface area contributed by atoms with Crippen molar-refractivity contribution in [3.05, 3.63) is 11.7 Å². The van der Waals surface area contributed by atoms with E-state index >= 15 is 0 Å². The van der Waals surface area contributed by atoms with Crippen molar-refractivity contribution in [2.45, 2.75) is 51.0 Å². The smallest absolute Gasteiger partial charge is 0.329 e. The summed E-state index contributed by atoms with van der Waals surface area (Å²) in [6.45, 7) is 2.01. The Balaban J connectivity index is 1.81. The Morgan fingerprint density at radius 2 is 2.05 bits per heavy atom. The minimum Gasteiger partial charge on any atom is -0.480 e. The van der Waals surface area contributed by atoms with E-state index in [4.69, 9.17) is 4.52 Å². The molecule has 0 aliphatic heterocycles. The summed E-state index contributed by atoms with van der Waals surface area (Å²) in [6, 6.07) is -0.473. The number of carbonyl (C=O) groups is 2. The van der Waals surface area contributed by atoms with Crippen molar-refractivity contribution < 1.29 is 19.2 Å². The Bertz CT molecular complexity index is 508. The standard InChI is InChI=1S/C13H20N4O4/c1-9-15-10(17-21-9)5-8-14-12(20)16-13(11(18)19)6-3-2-4-7-13/h2-8H2,1H3,(H,18,19)(H2,14,16,20). The number of hydrogen-bond donors (Lipinski definition) is 3. The van der Waals surface area contributed by atoms with E-state index in [2.05, 4.69) is 20.8 Å². The Hall–Kier alpha value is -2.12. The molecule has 0 aromatic carbocycles. The zero-order chi connectivity index (χ0) is 15.3. The van der Waals surface area contributed by atoms with Gasteiger partial charge in [-0.15, -0.1) is 0 Å². The summed E-state index contributed by atoms with van der Waals surface area (Å²) < 4.78 is 4.82. The number of carbonyl (C=O) groups excluding carboxylic acids is 1. The van der Waals surface area contributed by atoms with Crippen LogP contribution in [-0.2, 0) is 11.2 Å². The van der Waals surface area contributed by atoms with E-state index in [0.717, 1.165) is 19.3 Å². The number of carboxylic acids is 1. The molecule has 1 saturated carbocycles. The van der Waals surface area contributed by atoms with Crippen LogP contribution in [0.5, 0.6) is 0 Å². The molecule has 0 spiro atoms. The summed E-state index contributed by atoms with van der Waals surface area (Å²) in [7, 11) is 0. The number of aromatic nitrogens is 2. The van der Waals surface area contributed by atoms with Gasteiger partial charge in [-0.3, -0.25) is 0 Å². The molecule has 8 nitrogen and oxygen atoms in total. The van der Waals surface area contributed by atoms with Gasteiger partial charge >= 0.3 is 12.0 Å². The van der Waals surface area contributed by atoms with Crippen molar-refractivity contribution in [1.29, 1.82) is 0 Å². The largest absolute Gasteiger partial charge is 0.480 e. The Morgan fingerprint density at radius 1 is 1.33 bits per heavy atom. The van der Waals surface area contributed by atoms with Crippen LogP contribution in [0.4, 0.5) is 4.79 Å². The fraction of sp³-hybridized carbons (Fsp3) is 0.692. The molecule has 21 heavy (non-hydrogen) atoms. The summed E-state index contributed by atoms with van der Waals surface area (Å²) >= 11 is 0. The van der Waals surface area contributed by atoms with Crippen molar-refractivity contribution >= 4 is 12.0 Å². The molecule has 0 unspecified atom stereocenters. The monoisotopic (exact) mass is 296 g/mol. The summed E-state index contributed by atoms with van der Waals surface area (Å²) in [6.07, 6.45) is 4.02. The highest BCUT2D eigenvalue weighted by molar-refractivity contribution is 5.86. The molecule has 0 radical (unpaired) electrons. The summed E-state index contributed by atoms with van der Waals surface area (Å²) in [5.41, 5.74) is -1.13. The predicted octanol–water partition coefficient (Wildman–Crippen LogP) is 1.01. The number of hydrogen-bond acceptors (Lipinski definition) is 5. The average molecular weight is 296 g/mol. The number of nitrogens with one attached hydrogen (secondary N) is 2. The second kappa shape index (κ2) is 6.55. The quantitative estimate of drug-likeness (QED) is 0.746. The topological polar surface area (TPSA) is 117 Å². The van der Waals surface area contributed by atoms with Crippen LogP contribution in [0.3, 0.4) is 0 Å². The third-order valence-corrected chi connectivity index (χ3v) is 3.67. The van der Waals surface area contributed by atoms with Gasteiger partial charge in [0.2, 0.25) is 5.89 Å². The fourth-order valence-electron chi connectivity index (χ4n) is 2.54. The molecule has 1 aromatic rings. The molecular weight excluding hydrogens is 276 g/mol. The summed E-state index contributed by atoms with van der Waals surface area (Å²) in [5, 5.41) is 18.3. The van der Waals surface area contributed by atoms with Gasteiger partial charge in [0.1, 0.15) is 5.54 Å². The van der Waals surface area contributed by atoms with Crippen molar-refractivity contribution in [3.63, 3.8) is 0 Å². The first-order chi connectivity index (χ1) is 10.0. The molecule has 0 atom stereocenters. The molecule has 1 fully saturated rings. The lowest BCUT2D eigenvalue weighted by Crippen LogP contribution is -2.58. The van der Waals surface area contributed by atoms with E-state index < -0.39 is 17.5 Å². The van der Waals surface area contributed by atoms with E-state index in [1.807, 2.05) is 0 Å². The predicted molar refractivity (Wildman–Crippen MR) is 72.7 cm³/mol. The van der Waals surface area contributed by atoms with Crippen LogP contribution in [0.25, 0.3) is 0 Å². The van der Waals surface area contributed by atoms with E-state index in [1.54, 1.807) is 6.92 Å². The maximum Gasteiger partial charge on any atom is 0.329 e. The maximum absolute atomic E-state index is 11.9. The van der Waals surface area contributed by atoms with E-state index in [1.165, 1.54) is 0 Å². The number of urea groups is 1. The third kappa shape index (κ3) is 3.93. The van der Waals surface area contributed by atoms with Gasteiger partial charge in [-0.2, -0.15) is 4.98 Å². The van der Waals surface area contributed by atoms with Gasteiger partial charge in [-0.05, 0) is 12.8 Å². The molecule has 3 N–H and O–H groups in total. The van der Waals surface area contributed by atoms with Gasteiger partial charge < -0.3 is 20.3 Å². The van der Waals surface area contributed by atoms with Gasteiger partial charge in [0, 0.05) is 19.9 Å². The van der Waals surface area contributed by atoms with Gasteiger partial charge in [0.25, 0.3) is 0 Å². The summed E-state index contributed by atoms with van der Waals surface area (Å²) in [5.74, 6) is 0.0195. The minimum atomic E-state index is -1.13. The molecule has 2 rings (SSSR count). The lowest BCUT2D eigenvalue weighted by Gasteiger charge is -2.33. The van der Waals surface area contributed by atoms with Crippen LogP contribution < -0.4 is 10.6 Å². The molecule has 1 aromatic heterocycles. The first-order valence-electron chi connectivity index (χ1n) is 7.10. The van der Waals surface area contributed by atoms with E-state index in [9.17, 15) is 14.7 Å². The van der Waals surface area contributed by atoms with Gasteiger partial charge in [0.15, 0.2) is 5.82 Å². The number of carboxylic acid groups (broad SMARTS) is 1. The molecule has 0 saturated heterocycles. The highest BCUT2D eigenvalue weighted by Gasteiger charge is 2.40. The molecule has 1 aliphatic carbocycles. The zero-order valence-corrected chi connectivity index (χ0v) is 12.0. The first kappa shape index (κ1) is 15.3. The average Bonchev–Trinajstić information content (AvgIpc) is 2.85. The Labute approximate surface area is 122 Å². The van der Waals surface area contributed by atoms with E-state index in [0.29, 0.717) is 37.5 Å². The number of amides is 2. The minimum absolute atomic E-state index is 0.320. The fourth-order valence-corrected chi connectivity index (χ4v) is 2.54. The van der Waals surface area contributed by atoms with Crippen LogP contribution >= 0.6 is 0 Å². The summed E-state index contributed by atoms with van der Waals surface area (Å²) in [4.78, 5) is 27.3. The molecular formula is C13H20N4O4. The van der Waals surface area contributed by atoms with Crippen molar-refractivity contribution in [2.75, 3.05) is 6.54 Å². The molecule has 2 amide bonds. The molecule has 8 heteroatoms. The molecule has 1 heterocycles. The highest BCUT2D eigenvalue weighted by atomic mass is 16.5. The van der Waals surface area contributed by atoms with Crippen LogP contribution in [0.15, 0.2) is 4.52 Å². The lowest BCUT2D eigenvalue weighted by atomic mass is 9.82. The zero-order valence-electron chi connectivity index (χ0n) is 12.0. The van der Waals surface area contributed by atoms with Gasteiger partial charge in [-0.1, -0.05) is 24.4 Å². The van der Waals surface area contributed by atoms with Crippen molar-refractivity contribution in [3.8, 4) is 0 Å². The van der Waals surface area contributed by atoms with Gasteiger partial charge in [-0.25, -0.2) is 9.59 Å². The second-order valence-electron chi connectivity index (χ2n) is 5.31. The third-order valence-electron chi connectivity index (χ3n) is 3.67. The lowest BCUT2D eigenvalue weighted by molar-refractivity contribution is -0.145. The number of rotatable bonds is 5. The normalized spacial score (nSPS) is 17.2. The van der Waals surface area contributed by atoms with Crippen LogP contribution in [-0.4, -0.2) is 39.3 Å². The van der Waals surface area contributed by atoms with Crippen LogP contribution in [0, 0.1) is 6.92 Å². The van der Waals surface area contributed by atoms with Crippen LogP contribution in [0.2, 0.25) is 0 Å². The number of nitrogens with zero attached hydrogens (tertiary/aromatic N) is 2. The highest BCUT2D eigenvalue weighted by Crippen LogP contribution is 2.28. The Morgan fingerprint density at radius 3 is 2.62 bits per heavy atom. The molecule has 0 bridgehead atoms. The SMILES string of the molecule is Cc1nc(CCNC(=O)NC2(C(=O)O)CCCCC2)no1. The maximum atomic E-state index is 11.9. The Kier molecular flexibility index (Phi) is 4.77. The van der Waals surface area contributed by atoms with Crippen LogP contribution in [0.1, 0.15) is 43.8 Å².